The fraction of sp³-hybridized carbons (Fsp3) is 0.231. The van der Waals surface area contributed by atoms with E-state index in [1.165, 1.54) is 24.3 Å². The van der Waals surface area contributed by atoms with E-state index in [2.05, 4.69) is 4.74 Å². The molecule has 0 saturated heterocycles. The molecular formula is C13H13ClF3NO2. The molecule has 0 aliphatic carbocycles. The Kier molecular flexibility index (Phi) is 5.08. The lowest BCUT2D eigenvalue weighted by Gasteiger charge is -2.12. The Bertz CT molecular complexity index is 551. The number of halogens is 4. The lowest BCUT2D eigenvalue weighted by Crippen LogP contribution is -2.17. The largest absolute Gasteiger partial charge is 0.573 e. The molecule has 0 saturated carbocycles. The third-order valence-electron chi connectivity index (χ3n) is 2.54. The van der Waals surface area contributed by atoms with Gasteiger partial charge in [0.15, 0.2) is 0 Å². The van der Waals surface area contributed by atoms with Crippen LogP contribution in [0.5, 0.6) is 5.75 Å². The minimum Gasteiger partial charge on any atom is -0.464 e. The molecule has 0 bridgehead atoms. The number of furan rings is 1. The first kappa shape index (κ1) is 16.4. The molecule has 7 heteroatoms. The molecule has 3 nitrogen and oxygen atoms in total. The SMILES string of the molecule is Cc1ccc([C@@H](N)c2ccc(OC(F)(F)F)cc2)o1.Cl. The lowest BCUT2D eigenvalue weighted by molar-refractivity contribution is -0.274. The zero-order chi connectivity index (χ0) is 14.0. The van der Waals surface area contributed by atoms with Crippen molar-refractivity contribution in [1.82, 2.24) is 0 Å². The first-order chi connectivity index (χ1) is 8.85. The van der Waals surface area contributed by atoms with Crippen LogP contribution in [0.3, 0.4) is 0 Å². The van der Waals surface area contributed by atoms with Crippen molar-refractivity contribution in [3.8, 4) is 5.75 Å². The van der Waals surface area contributed by atoms with Crippen LogP contribution in [-0.4, -0.2) is 6.36 Å². The standard InChI is InChI=1S/C13H12F3NO2.ClH/c1-8-2-7-11(18-8)12(17)9-3-5-10(6-4-9)19-13(14,15)16;/h2-7,12H,17H2,1H3;1H/t12-;/m0./s1. The predicted octanol–water partition coefficient (Wildman–Crippen LogP) is 3.96. The number of alkyl halides is 3. The van der Waals surface area contributed by atoms with E-state index in [0.717, 1.165) is 5.76 Å². The van der Waals surface area contributed by atoms with E-state index in [-0.39, 0.29) is 18.2 Å². The van der Waals surface area contributed by atoms with Gasteiger partial charge >= 0.3 is 6.36 Å². The average Bonchev–Trinajstić information content (AvgIpc) is 2.74. The van der Waals surface area contributed by atoms with E-state index in [9.17, 15) is 13.2 Å². The first-order valence-corrected chi connectivity index (χ1v) is 5.53. The third kappa shape index (κ3) is 4.18. The molecular weight excluding hydrogens is 295 g/mol. The van der Waals surface area contributed by atoms with Gasteiger partial charge in [0.1, 0.15) is 17.3 Å². The van der Waals surface area contributed by atoms with Crippen LogP contribution in [0.1, 0.15) is 23.1 Å². The Labute approximate surface area is 119 Å². The molecule has 0 radical (unpaired) electrons. The van der Waals surface area contributed by atoms with Crippen molar-refractivity contribution in [2.24, 2.45) is 5.73 Å². The van der Waals surface area contributed by atoms with Gasteiger partial charge in [0, 0.05) is 0 Å². The van der Waals surface area contributed by atoms with Gasteiger partial charge in [-0.15, -0.1) is 25.6 Å². The van der Waals surface area contributed by atoms with Gasteiger partial charge in [0.25, 0.3) is 0 Å². The van der Waals surface area contributed by atoms with Gasteiger partial charge in [-0.3, -0.25) is 0 Å². The normalized spacial score (nSPS) is 12.7. The third-order valence-corrected chi connectivity index (χ3v) is 2.54. The molecule has 110 valence electrons. The molecule has 0 amide bonds. The summed E-state index contributed by atoms with van der Waals surface area (Å²) in [6.45, 7) is 1.79. The first-order valence-electron chi connectivity index (χ1n) is 5.53. The second kappa shape index (κ2) is 6.19. The van der Waals surface area contributed by atoms with Crippen LogP contribution in [0.4, 0.5) is 13.2 Å². The summed E-state index contributed by atoms with van der Waals surface area (Å²) in [5.41, 5.74) is 6.59. The minimum absolute atomic E-state index is 0. The topological polar surface area (TPSA) is 48.4 Å². The van der Waals surface area contributed by atoms with E-state index in [1.807, 2.05) is 0 Å². The molecule has 2 rings (SSSR count). The molecule has 2 N–H and O–H groups in total. The van der Waals surface area contributed by atoms with E-state index in [0.29, 0.717) is 11.3 Å². The summed E-state index contributed by atoms with van der Waals surface area (Å²) in [6.07, 6.45) is -4.69. The molecule has 0 fully saturated rings. The summed E-state index contributed by atoms with van der Waals surface area (Å²) >= 11 is 0. The van der Waals surface area contributed by atoms with Gasteiger partial charge in [0.2, 0.25) is 0 Å². The van der Waals surface area contributed by atoms with Crippen LogP contribution in [-0.2, 0) is 0 Å². The smallest absolute Gasteiger partial charge is 0.464 e. The Hall–Kier alpha value is -1.66. The molecule has 1 atom stereocenters. The average molecular weight is 308 g/mol. The van der Waals surface area contributed by atoms with Crippen molar-refractivity contribution < 1.29 is 22.3 Å². The van der Waals surface area contributed by atoms with Gasteiger partial charge in [-0.25, -0.2) is 0 Å². The molecule has 0 aliphatic rings. The van der Waals surface area contributed by atoms with Crippen LogP contribution in [0.2, 0.25) is 0 Å². The van der Waals surface area contributed by atoms with Crippen molar-refractivity contribution in [1.29, 1.82) is 0 Å². The Morgan fingerprint density at radius 1 is 1.10 bits per heavy atom. The minimum atomic E-state index is -4.69. The van der Waals surface area contributed by atoms with Crippen LogP contribution < -0.4 is 10.5 Å². The molecule has 2 aromatic rings. The number of hydrogen-bond donors (Lipinski definition) is 1. The van der Waals surface area contributed by atoms with Crippen molar-refractivity contribution in [2.75, 3.05) is 0 Å². The lowest BCUT2D eigenvalue weighted by atomic mass is 10.1. The van der Waals surface area contributed by atoms with Crippen molar-refractivity contribution in [3.63, 3.8) is 0 Å². The summed E-state index contributed by atoms with van der Waals surface area (Å²) in [5, 5.41) is 0. The molecule has 20 heavy (non-hydrogen) atoms. The summed E-state index contributed by atoms with van der Waals surface area (Å²) < 4.78 is 45.2. The second-order valence-electron chi connectivity index (χ2n) is 4.04. The van der Waals surface area contributed by atoms with Gasteiger partial charge in [-0.1, -0.05) is 12.1 Å². The quantitative estimate of drug-likeness (QED) is 0.934. The number of hydrogen-bond acceptors (Lipinski definition) is 3. The van der Waals surface area contributed by atoms with Crippen molar-refractivity contribution in [3.05, 3.63) is 53.5 Å². The maximum Gasteiger partial charge on any atom is 0.573 e. The zero-order valence-corrected chi connectivity index (χ0v) is 11.3. The van der Waals surface area contributed by atoms with Crippen molar-refractivity contribution >= 4 is 12.4 Å². The Morgan fingerprint density at radius 3 is 2.15 bits per heavy atom. The molecule has 0 unspecified atom stereocenters. The highest BCUT2D eigenvalue weighted by atomic mass is 35.5. The molecule has 0 aliphatic heterocycles. The number of rotatable bonds is 3. The summed E-state index contributed by atoms with van der Waals surface area (Å²) in [4.78, 5) is 0. The van der Waals surface area contributed by atoms with E-state index < -0.39 is 12.4 Å². The van der Waals surface area contributed by atoms with E-state index in [4.69, 9.17) is 10.2 Å². The van der Waals surface area contributed by atoms with Gasteiger partial charge in [-0.2, -0.15) is 0 Å². The highest BCUT2D eigenvalue weighted by Crippen LogP contribution is 2.26. The Balaban J connectivity index is 0.00000200. The van der Waals surface area contributed by atoms with Gasteiger partial charge in [0.05, 0.1) is 6.04 Å². The highest BCUT2D eigenvalue weighted by Gasteiger charge is 2.31. The number of aryl methyl sites for hydroxylation is 1. The highest BCUT2D eigenvalue weighted by molar-refractivity contribution is 5.85. The van der Waals surface area contributed by atoms with Crippen molar-refractivity contribution in [2.45, 2.75) is 19.3 Å². The van der Waals surface area contributed by atoms with Crippen LogP contribution >= 0.6 is 12.4 Å². The fourth-order valence-corrected chi connectivity index (χ4v) is 1.66. The second-order valence-corrected chi connectivity index (χ2v) is 4.04. The number of nitrogens with two attached hydrogens (primary N) is 1. The summed E-state index contributed by atoms with van der Waals surface area (Å²) in [7, 11) is 0. The zero-order valence-electron chi connectivity index (χ0n) is 10.5. The van der Waals surface area contributed by atoms with Crippen LogP contribution in [0, 0.1) is 6.92 Å². The fourth-order valence-electron chi connectivity index (χ4n) is 1.66. The van der Waals surface area contributed by atoms with Gasteiger partial charge in [-0.05, 0) is 36.8 Å². The van der Waals surface area contributed by atoms with Gasteiger partial charge < -0.3 is 14.9 Å². The summed E-state index contributed by atoms with van der Waals surface area (Å²) in [6, 6.07) is 8.38. The van der Waals surface area contributed by atoms with E-state index >= 15 is 0 Å². The van der Waals surface area contributed by atoms with E-state index in [1.54, 1.807) is 19.1 Å². The van der Waals surface area contributed by atoms with Crippen LogP contribution in [0.25, 0.3) is 0 Å². The Morgan fingerprint density at radius 2 is 1.70 bits per heavy atom. The van der Waals surface area contributed by atoms with Crippen LogP contribution in [0.15, 0.2) is 40.8 Å². The monoisotopic (exact) mass is 307 g/mol. The molecule has 1 aromatic heterocycles. The number of benzene rings is 1. The maximum absolute atomic E-state index is 12.0. The molecule has 0 spiro atoms. The number of ether oxygens (including phenoxy) is 1. The molecule has 1 aromatic carbocycles. The molecule has 1 heterocycles. The predicted molar refractivity (Wildman–Crippen MR) is 69.8 cm³/mol. The maximum atomic E-state index is 12.0. The summed E-state index contributed by atoms with van der Waals surface area (Å²) in [5.74, 6) is 1.00.